The van der Waals surface area contributed by atoms with E-state index in [9.17, 15) is 0 Å². The maximum absolute atomic E-state index is 4.76. The van der Waals surface area contributed by atoms with Gasteiger partial charge < -0.3 is 0 Å². The van der Waals surface area contributed by atoms with Crippen molar-refractivity contribution in [1.82, 2.24) is 0 Å². The number of hydrogen-bond acceptors (Lipinski definition) is 1. The molecule has 7 heavy (non-hydrogen) atoms. The summed E-state index contributed by atoms with van der Waals surface area (Å²) < 4.78 is 0. The van der Waals surface area contributed by atoms with Crippen molar-refractivity contribution in [3.8, 4) is 0 Å². The Labute approximate surface area is 49.9 Å². The van der Waals surface area contributed by atoms with Gasteiger partial charge in [-0.25, -0.2) is 0 Å². The van der Waals surface area contributed by atoms with Gasteiger partial charge in [0, 0.05) is 0 Å². The molecule has 1 fully saturated rings. The third-order valence-electron chi connectivity index (χ3n) is 1.39. The molecule has 0 spiro atoms. The summed E-state index contributed by atoms with van der Waals surface area (Å²) in [5.41, 5.74) is 0. The molecule has 1 saturated carbocycles. The van der Waals surface area contributed by atoms with Crippen LogP contribution in [0.2, 0.25) is 0 Å². The Balaban J connectivity index is 2.26. The zero-order valence-corrected chi connectivity index (χ0v) is 5.08. The molecule has 0 bridgehead atoms. The van der Waals surface area contributed by atoms with Gasteiger partial charge in [-0.3, -0.25) is 0 Å². The maximum Gasteiger partial charge on any atom is -0.00973 e. The predicted octanol–water partition coefficient (Wildman–Crippen LogP) is 1.99. The van der Waals surface area contributed by atoms with Crippen LogP contribution in [0, 0.1) is 12.3 Å². The van der Waals surface area contributed by atoms with E-state index < -0.39 is 0 Å². The Bertz CT molecular complexity index is 62.6. The van der Waals surface area contributed by atoms with Gasteiger partial charge in [-0.2, -0.15) is 0 Å². The highest BCUT2D eigenvalue weighted by atomic mass is 32.1. The van der Waals surface area contributed by atoms with Crippen molar-refractivity contribution in [3.05, 3.63) is 6.42 Å². The summed E-state index contributed by atoms with van der Waals surface area (Å²) >= 11 is 4.76. The first-order valence-corrected chi connectivity index (χ1v) is 3.19. The molecule has 0 aromatic rings. The Morgan fingerprint density at radius 2 is 2.57 bits per heavy atom. The van der Waals surface area contributed by atoms with Crippen LogP contribution in [0.4, 0.5) is 0 Å². The third kappa shape index (κ3) is 1.23. The highest BCUT2D eigenvalue weighted by Gasteiger charge is 2.10. The Morgan fingerprint density at radius 3 is 2.86 bits per heavy atom. The Hall–Kier alpha value is 0.0900. The molecule has 1 aliphatic carbocycles. The maximum atomic E-state index is 4.76. The highest BCUT2D eigenvalue weighted by molar-refractivity contribution is 7.79. The minimum atomic E-state index is 0.662. The fourth-order valence-electron chi connectivity index (χ4n) is 0.927. The van der Waals surface area contributed by atoms with Gasteiger partial charge in [-0.05, 0) is 30.5 Å². The van der Waals surface area contributed by atoms with E-state index in [-0.39, 0.29) is 0 Å². The number of rotatable bonds is 1. The Kier molecular flexibility index (Phi) is 1.80. The van der Waals surface area contributed by atoms with Gasteiger partial charge in [0.2, 0.25) is 0 Å². The van der Waals surface area contributed by atoms with Crippen molar-refractivity contribution in [1.29, 1.82) is 0 Å². The number of thiocarbonyl (C=S) groups is 1. The van der Waals surface area contributed by atoms with E-state index in [0.29, 0.717) is 5.92 Å². The molecule has 39 valence electrons. The third-order valence-corrected chi connectivity index (χ3v) is 1.74. The van der Waals surface area contributed by atoms with Crippen LogP contribution in [0.3, 0.4) is 0 Å². The van der Waals surface area contributed by atoms with E-state index in [1.54, 1.807) is 0 Å². The van der Waals surface area contributed by atoms with E-state index in [2.05, 4.69) is 6.42 Å². The van der Waals surface area contributed by atoms with Crippen molar-refractivity contribution in [2.24, 2.45) is 5.92 Å². The lowest BCUT2D eigenvalue weighted by Crippen LogP contribution is -1.89. The minimum Gasteiger partial charge on any atom is -0.0932 e. The monoisotopic (exact) mass is 113 g/mol. The normalized spacial score (nSPS) is 22.9. The van der Waals surface area contributed by atoms with Crippen LogP contribution in [0.1, 0.15) is 19.3 Å². The lowest BCUT2D eigenvalue weighted by Gasteiger charge is -1.92. The zero-order chi connectivity index (χ0) is 5.11. The van der Waals surface area contributed by atoms with E-state index in [1.165, 1.54) is 19.3 Å². The average molecular weight is 113 g/mol. The average Bonchev–Trinajstić information content (AvgIpc) is 2.14. The molecule has 1 heteroatoms. The summed E-state index contributed by atoms with van der Waals surface area (Å²) in [5.74, 6) is 0.662. The molecule has 1 aliphatic rings. The minimum absolute atomic E-state index is 0.662. The first-order chi connectivity index (χ1) is 3.43. The number of hydrogen-bond donors (Lipinski definition) is 0. The van der Waals surface area contributed by atoms with Crippen molar-refractivity contribution >= 4 is 17.6 Å². The van der Waals surface area contributed by atoms with Gasteiger partial charge in [0.25, 0.3) is 0 Å². The van der Waals surface area contributed by atoms with Crippen LogP contribution in [-0.4, -0.2) is 5.37 Å². The molecule has 1 atom stereocenters. The molecule has 1 radical (unpaired) electrons. The molecule has 0 aliphatic heterocycles. The second-order valence-electron chi connectivity index (χ2n) is 1.97. The molecular formula is C6H9S. The molecule has 0 amide bonds. The second-order valence-corrected chi connectivity index (χ2v) is 2.24. The van der Waals surface area contributed by atoms with E-state index in [0.717, 1.165) is 0 Å². The molecule has 1 rings (SSSR count). The first kappa shape index (κ1) is 5.23. The van der Waals surface area contributed by atoms with Gasteiger partial charge in [-0.15, -0.1) is 0 Å². The fourth-order valence-corrected chi connectivity index (χ4v) is 1.17. The van der Waals surface area contributed by atoms with Gasteiger partial charge >= 0.3 is 0 Å². The lowest BCUT2D eigenvalue weighted by atomic mass is 10.1. The van der Waals surface area contributed by atoms with E-state index >= 15 is 0 Å². The molecule has 0 N–H and O–H groups in total. The predicted molar refractivity (Wildman–Crippen MR) is 35.3 cm³/mol. The molecule has 0 saturated heterocycles. The topological polar surface area (TPSA) is 0 Å². The van der Waals surface area contributed by atoms with Crippen LogP contribution >= 0.6 is 12.2 Å². The van der Waals surface area contributed by atoms with Crippen molar-refractivity contribution in [2.75, 3.05) is 0 Å². The largest absolute Gasteiger partial charge is 0.0932 e. The van der Waals surface area contributed by atoms with Crippen LogP contribution in [0.5, 0.6) is 0 Å². The first-order valence-electron chi connectivity index (χ1n) is 2.72. The summed E-state index contributed by atoms with van der Waals surface area (Å²) in [6.07, 6.45) is 6.21. The Morgan fingerprint density at radius 1 is 1.71 bits per heavy atom. The van der Waals surface area contributed by atoms with Crippen LogP contribution < -0.4 is 0 Å². The molecule has 0 aromatic carbocycles. The summed E-state index contributed by atoms with van der Waals surface area (Å²) in [6.45, 7) is 0. The van der Waals surface area contributed by atoms with Crippen LogP contribution in [0.25, 0.3) is 0 Å². The zero-order valence-electron chi connectivity index (χ0n) is 4.26. The van der Waals surface area contributed by atoms with Crippen molar-refractivity contribution in [2.45, 2.75) is 19.3 Å². The van der Waals surface area contributed by atoms with Gasteiger partial charge in [0.15, 0.2) is 0 Å². The van der Waals surface area contributed by atoms with Crippen molar-refractivity contribution in [3.63, 3.8) is 0 Å². The van der Waals surface area contributed by atoms with Gasteiger partial charge in [0.05, 0.1) is 0 Å². The van der Waals surface area contributed by atoms with Crippen LogP contribution in [-0.2, 0) is 0 Å². The molecule has 0 heterocycles. The summed E-state index contributed by atoms with van der Waals surface area (Å²) in [6, 6.07) is 0. The molecule has 0 nitrogen and oxygen atoms in total. The summed E-state index contributed by atoms with van der Waals surface area (Å²) in [5, 5.41) is 1.87. The SMILES string of the molecule is S=CC1[CH]CCC1. The fraction of sp³-hybridized carbons (Fsp3) is 0.667. The van der Waals surface area contributed by atoms with Gasteiger partial charge in [-0.1, -0.05) is 18.6 Å². The standard InChI is InChI=1S/C6H9S/c7-5-6-3-1-2-4-6/h3,5-6H,1-2,4H2. The second kappa shape index (κ2) is 2.41. The van der Waals surface area contributed by atoms with Crippen molar-refractivity contribution < 1.29 is 0 Å². The summed E-state index contributed by atoms with van der Waals surface area (Å²) in [7, 11) is 0. The molecule has 1 unspecified atom stereocenters. The van der Waals surface area contributed by atoms with E-state index in [1.807, 2.05) is 5.37 Å². The highest BCUT2D eigenvalue weighted by Crippen LogP contribution is 2.21. The van der Waals surface area contributed by atoms with E-state index in [4.69, 9.17) is 12.2 Å². The summed E-state index contributed by atoms with van der Waals surface area (Å²) in [4.78, 5) is 0. The lowest BCUT2D eigenvalue weighted by molar-refractivity contribution is 0.817. The quantitative estimate of drug-likeness (QED) is 0.469. The van der Waals surface area contributed by atoms with Crippen LogP contribution in [0.15, 0.2) is 0 Å². The smallest absolute Gasteiger partial charge is 0.00973 e. The van der Waals surface area contributed by atoms with Gasteiger partial charge in [0.1, 0.15) is 0 Å². The molecular weight excluding hydrogens is 104 g/mol. The molecule has 0 aromatic heterocycles.